The van der Waals surface area contributed by atoms with Crippen LogP contribution < -0.4 is 9.62 Å². The lowest BCUT2D eigenvalue weighted by molar-refractivity contribution is 0.0985. The van der Waals surface area contributed by atoms with Crippen LogP contribution >= 0.6 is 23.2 Å². The Hall–Kier alpha value is -1.60. The highest BCUT2D eigenvalue weighted by Gasteiger charge is 2.31. The van der Waals surface area contributed by atoms with Crippen LogP contribution in [0.5, 0.6) is 0 Å². The second kappa shape index (κ2) is 7.09. The number of halogens is 2. The number of carbonyl (C=O) groups is 1. The number of hydrogen-bond donors (Lipinski definition) is 1. The molecular weight excluding hydrogens is 407 g/mol. The Morgan fingerprint density at radius 1 is 1.11 bits per heavy atom. The van der Waals surface area contributed by atoms with E-state index in [1.54, 1.807) is 4.90 Å². The van der Waals surface area contributed by atoms with Crippen LogP contribution in [-0.2, 0) is 16.4 Å². The fraction of sp³-hybridized carbons (Fsp3) is 0.316. The minimum atomic E-state index is -3.80. The van der Waals surface area contributed by atoms with Crippen LogP contribution in [0, 0.1) is 0 Å². The van der Waals surface area contributed by atoms with Crippen LogP contribution in [-0.4, -0.2) is 26.9 Å². The molecule has 1 saturated carbocycles. The zero-order chi connectivity index (χ0) is 19.2. The van der Waals surface area contributed by atoms with Gasteiger partial charge < -0.3 is 4.90 Å². The Morgan fingerprint density at radius 2 is 1.85 bits per heavy atom. The third-order valence-corrected chi connectivity index (χ3v) is 7.09. The summed E-state index contributed by atoms with van der Waals surface area (Å²) in [5.41, 5.74) is 2.06. The maximum atomic E-state index is 13.2. The lowest BCUT2D eigenvalue weighted by atomic mass is 10.0. The van der Waals surface area contributed by atoms with Crippen LogP contribution in [0.3, 0.4) is 0 Å². The smallest absolute Gasteiger partial charge is 0.259 e. The van der Waals surface area contributed by atoms with Crippen LogP contribution in [0.25, 0.3) is 0 Å². The highest BCUT2D eigenvalue weighted by molar-refractivity contribution is 7.89. The van der Waals surface area contributed by atoms with Gasteiger partial charge in [-0.25, -0.2) is 13.1 Å². The van der Waals surface area contributed by atoms with Crippen molar-refractivity contribution in [2.75, 3.05) is 11.4 Å². The van der Waals surface area contributed by atoms with Gasteiger partial charge in [0.05, 0.1) is 15.6 Å². The molecule has 0 aromatic heterocycles. The zero-order valence-electron chi connectivity index (χ0n) is 14.4. The molecule has 0 saturated heterocycles. The molecule has 0 atom stereocenters. The van der Waals surface area contributed by atoms with Gasteiger partial charge in [-0.2, -0.15) is 0 Å². The Bertz CT molecular complexity index is 1020. The summed E-state index contributed by atoms with van der Waals surface area (Å²) in [5, 5.41) is 0.141. The van der Waals surface area contributed by atoms with E-state index in [0.29, 0.717) is 6.54 Å². The molecule has 2 aliphatic rings. The van der Waals surface area contributed by atoms with Gasteiger partial charge in [-0.15, -0.1) is 0 Å². The summed E-state index contributed by atoms with van der Waals surface area (Å²) in [6.07, 6.45) is 3.35. The molecule has 0 radical (unpaired) electrons. The van der Waals surface area contributed by atoms with Gasteiger partial charge in [-0.05, 0) is 49.4 Å². The quantitative estimate of drug-likeness (QED) is 0.805. The van der Waals surface area contributed by atoms with Crippen molar-refractivity contribution >= 4 is 44.8 Å². The van der Waals surface area contributed by atoms with Gasteiger partial charge in [0.15, 0.2) is 0 Å². The first-order valence-electron chi connectivity index (χ1n) is 8.78. The molecule has 2 aromatic rings. The average molecular weight is 425 g/mol. The molecule has 1 aliphatic carbocycles. The maximum Gasteiger partial charge on any atom is 0.259 e. The molecule has 0 unspecified atom stereocenters. The van der Waals surface area contributed by atoms with Crippen molar-refractivity contribution in [3.05, 3.63) is 57.6 Å². The molecule has 27 heavy (non-hydrogen) atoms. The number of rotatable bonds is 4. The van der Waals surface area contributed by atoms with Crippen molar-refractivity contribution in [3.8, 4) is 0 Å². The summed E-state index contributed by atoms with van der Waals surface area (Å²) in [6.45, 7) is 0.553. The Balaban J connectivity index is 1.74. The minimum absolute atomic E-state index is 0.00347. The highest BCUT2D eigenvalue weighted by Crippen LogP contribution is 2.34. The molecular formula is C19H18Cl2N2O3S. The summed E-state index contributed by atoms with van der Waals surface area (Å²) in [4.78, 5) is 14.7. The molecule has 4 rings (SSSR count). The van der Waals surface area contributed by atoms with Gasteiger partial charge in [-0.3, -0.25) is 4.79 Å². The molecule has 0 bridgehead atoms. The van der Waals surface area contributed by atoms with Crippen LogP contribution in [0.4, 0.5) is 5.69 Å². The lowest BCUT2D eigenvalue weighted by Crippen LogP contribution is -2.36. The van der Waals surface area contributed by atoms with Crippen molar-refractivity contribution in [2.24, 2.45) is 0 Å². The van der Waals surface area contributed by atoms with E-state index in [9.17, 15) is 13.2 Å². The lowest BCUT2D eigenvalue weighted by Gasteiger charge is -2.30. The minimum Gasteiger partial charge on any atom is -0.308 e. The number of amides is 1. The summed E-state index contributed by atoms with van der Waals surface area (Å²) < 4.78 is 27.8. The monoisotopic (exact) mass is 424 g/mol. The van der Waals surface area contributed by atoms with Crippen LogP contribution in [0.1, 0.15) is 35.2 Å². The number of sulfonamides is 1. The van der Waals surface area contributed by atoms with E-state index in [2.05, 4.69) is 4.72 Å². The molecule has 1 fully saturated rings. The zero-order valence-corrected chi connectivity index (χ0v) is 16.7. The highest BCUT2D eigenvalue weighted by atomic mass is 35.5. The first-order valence-corrected chi connectivity index (χ1v) is 11.0. The van der Waals surface area contributed by atoms with Crippen LogP contribution in [0.2, 0.25) is 10.0 Å². The molecule has 142 valence electrons. The Labute approximate surface area is 168 Å². The van der Waals surface area contributed by atoms with Gasteiger partial charge in [0.25, 0.3) is 5.91 Å². The third kappa shape index (κ3) is 3.72. The normalized spacial score (nSPS) is 16.9. The predicted octanol–water partition coefficient (Wildman–Crippen LogP) is 4.03. The number of para-hydroxylation sites is 1. The van der Waals surface area contributed by atoms with E-state index in [0.717, 1.165) is 36.9 Å². The van der Waals surface area contributed by atoms with Gasteiger partial charge >= 0.3 is 0 Å². The number of carbonyl (C=O) groups excluding carboxylic acids is 1. The Morgan fingerprint density at radius 3 is 2.59 bits per heavy atom. The summed E-state index contributed by atoms with van der Waals surface area (Å²) in [7, 11) is -3.80. The molecule has 8 heteroatoms. The summed E-state index contributed by atoms with van der Waals surface area (Å²) in [6, 6.07) is 10.3. The van der Waals surface area contributed by atoms with E-state index in [1.165, 1.54) is 12.1 Å². The number of aryl methyl sites for hydroxylation is 1. The first kappa shape index (κ1) is 18.7. The van der Waals surface area contributed by atoms with Gasteiger partial charge in [0, 0.05) is 18.3 Å². The fourth-order valence-electron chi connectivity index (χ4n) is 3.27. The van der Waals surface area contributed by atoms with Crippen molar-refractivity contribution in [1.82, 2.24) is 4.72 Å². The maximum absolute atomic E-state index is 13.2. The molecule has 1 heterocycles. The van der Waals surface area contributed by atoms with E-state index < -0.39 is 10.0 Å². The molecule has 1 aliphatic heterocycles. The van der Waals surface area contributed by atoms with Gasteiger partial charge in [0.2, 0.25) is 10.0 Å². The number of nitrogens with zero attached hydrogens (tertiary/aromatic N) is 1. The van der Waals surface area contributed by atoms with Gasteiger partial charge in [-0.1, -0.05) is 41.4 Å². The van der Waals surface area contributed by atoms with Crippen molar-refractivity contribution in [1.29, 1.82) is 0 Å². The number of benzene rings is 2. The van der Waals surface area contributed by atoms with Crippen molar-refractivity contribution in [3.63, 3.8) is 0 Å². The van der Waals surface area contributed by atoms with E-state index >= 15 is 0 Å². The molecule has 2 aromatic carbocycles. The number of nitrogens with one attached hydrogen (secondary N) is 1. The number of fused-ring (bicyclic) bond motifs is 1. The number of hydrogen-bond acceptors (Lipinski definition) is 3. The second-order valence-electron chi connectivity index (χ2n) is 6.85. The summed E-state index contributed by atoms with van der Waals surface area (Å²) >= 11 is 12.4. The van der Waals surface area contributed by atoms with E-state index in [-0.39, 0.29) is 32.5 Å². The van der Waals surface area contributed by atoms with E-state index in [4.69, 9.17) is 23.2 Å². The largest absolute Gasteiger partial charge is 0.308 e. The third-order valence-electron chi connectivity index (χ3n) is 4.80. The molecule has 5 nitrogen and oxygen atoms in total. The van der Waals surface area contributed by atoms with E-state index in [1.807, 2.05) is 24.3 Å². The van der Waals surface area contributed by atoms with Crippen molar-refractivity contribution < 1.29 is 13.2 Å². The molecule has 0 spiro atoms. The topological polar surface area (TPSA) is 66.5 Å². The fourth-order valence-corrected chi connectivity index (χ4v) is 5.43. The second-order valence-corrected chi connectivity index (χ2v) is 9.34. The molecule has 1 amide bonds. The average Bonchev–Trinajstić information content (AvgIpc) is 3.44. The molecule has 1 N–H and O–H groups in total. The first-order chi connectivity index (χ1) is 12.9. The Kier molecular flexibility index (Phi) is 4.93. The predicted molar refractivity (Wildman–Crippen MR) is 106 cm³/mol. The standard InChI is InChI=1S/C19H18Cl2N2O3S/c20-15-11-16(21)18(27(25,26)22-13-7-8-13)10-14(15)19(24)23-9-3-5-12-4-1-2-6-17(12)23/h1-2,4,6,10-11,13,22H,3,5,7-9H2. The van der Waals surface area contributed by atoms with Crippen molar-refractivity contribution in [2.45, 2.75) is 36.6 Å². The number of anilines is 1. The van der Waals surface area contributed by atoms with Gasteiger partial charge in [0.1, 0.15) is 4.90 Å². The SMILES string of the molecule is O=C(c1cc(S(=O)(=O)NC2CC2)c(Cl)cc1Cl)N1CCCc2ccccc21. The summed E-state index contributed by atoms with van der Waals surface area (Å²) in [5.74, 6) is -0.327. The van der Waals surface area contributed by atoms with Crippen LogP contribution in [0.15, 0.2) is 41.3 Å².